The number of aromatic nitrogens is 2. The molecule has 25 heteroatoms. The Labute approximate surface area is 522 Å². The number of benzene rings is 2. The molecule has 426 valence electrons. The Bertz CT molecular complexity index is 2430. The maximum absolute atomic E-state index is 12.6. The molecule has 0 unspecified atom stereocenters. The predicted octanol–water partition coefficient (Wildman–Crippen LogP) is 11.3. The van der Waals surface area contributed by atoms with E-state index in [9.17, 15) is 9.59 Å². The van der Waals surface area contributed by atoms with E-state index in [1.54, 1.807) is 4.90 Å². The molecule has 7 heterocycles. The van der Waals surface area contributed by atoms with Crippen LogP contribution in [0.2, 0.25) is 0 Å². The third kappa shape index (κ3) is 17.1. The van der Waals surface area contributed by atoms with Crippen LogP contribution >= 0.6 is 104 Å². The van der Waals surface area contributed by atoms with Gasteiger partial charge in [0.05, 0.1) is 62.4 Å². The molecule has 0 spiro atoms. The van der Waals surface area contributed by atoms with Gasteiger partial charge in [0.1, 0.15) is 17.0 Å². The second kappa shape index (κ2) is 27.1. The third-order valence-corrected chi connectivity index (χ3v) is 15.4. The number of halogens is 6. The number of nitrogens with zero attached hydrogens (tertiary/aromatic N) is 4. The first-order valence-electron chi connectivity index (χ1n) is 25.4. The first kappa shape index (κ1) is 69.1. The van der Waals surface area contributed by atoms with Crippen LogP contribution in [0.1, 0.15) is 168 Å². The number of carbonyl (C=O) groups excluding carboxylic acids is 2. The second-order valence-electron chi connectivity index (χ2n) is 24.5. The summed E-state index contributed by atoms with van der Waals surface area (Å²) in [6.45, 7) is 37.2. The number of hydrogen-bond acceptors (Lipinski definition) is 12. The fraction of sp³-hybridized carbons (Fsp3) is 0.686. The van der Waals surface area contributed by atoms with Gasteiger partial charge in [-0.15, -0.1) is 0 Å². The van der Waals surface area contributed by atoms with Crippen molar-refractivity contribution < 1.29 is 60.2 Å². The molecular weight excluding hydrogens is 1620 g/mol. The Morgan fingerprint density at radius 3 is 1.55 bits per heavy atom. The molecule has 2 atom stereocenters. The van der Waals surface area contributed by atoms with Crippen LogP contribution in [-0.2, 0) is 43.8 Å². The van der Waals surface area contributed by atoms with Crippen LogP contribution in [0.15, 0.2) is 45.9 Å². The molecule has 5 fully saturated rings. The molecule has 3 aromatic rings. The summed E-state index contributed by atoms with van der Waals surface area (Å²) in [4.78, 5) is 41.6. The van der Waals surface area contributed by atoms with Gasteiger partial charge in [0.25, 0.3) is 0 Å². The fourth-order valence-corrected chi connectivity index (χ4v) is 9.37. The van der Waals surface area contributed by atoms with Crippen molar-refractivity contribution in [1.82, 2.24) is 19.8 Å². The smallest absolute Gasteiger partial charge is 0.197 e. The van der Waals surface area contributed by atoms with Crippen LogP contribution < -0.4 is 18.7 Å². The van der Waals surface area contributed by atoms with E-state index in [1.807, 2.05) is 160 Å². The van der Waals surface area contributed by atoms with E-state index in [0.29, 0.717) is 19.8 Å². The monoisotopic (exact) mass is 1700 g/mol. The number of aromatic amines is 1. The van der Waals surface area contributed by atoms with Crippen LogP contribution in [0.5, 0.6) is 0 Å². The molecule has 1 N–H and O–H groups in total. The minimum atomic E-state index is -0.518. The Hall–Kier alpha value is 0.555. The largest absolute Gasteiger partial charge is 0.197 e. The molecule has 6 aliphatic heterocycles. The van der Waals surface area contributed by atoms with E-state index in [1.165, 1.54) is 5.56 Å². The number of amides is 2. The van der Waals surface area contributed by atoms with Crippen molar-refractivity contribution in [3.63, 3.8) is 0 Å². The van der Waals surface area contributed by atoms with Gasteiger partial charge in [0.2, 0.25) is 0 Å². The van der Waals surface area contributed by atoms with Gasteiger partial charge in [-0.2, -0.15) is 13.5 Å². The van der Waals surface area contributed by atoms with Gasteiger partial charge in [-0.25, -0.2) is 14.6 Å². The number of fused-ring (bicyclic) bond motifs is 2. The summed E-state index contributed by atoms with van der Waals surface area (Å²) < 4.78 is 48.4. The van der Waals surface area contributed by atoms with Crippen molar-refractivity contribution in [2.24, 2.45) is 4.99 Å². The number of nitrogens with one attached hydrogen (secondary N) is 1. The molecule has 2 amide bonds. The molecule has 9 rings (SSSR count). The normalized spacial score (nSPS) is 23.2. The second-order valence-corrected chi connectivity index (χ2v) is 41.7. The van der Waals surface area contributed by atoms with Crippen LogP contribution in [0.25, 0.3) is 11.0 Å². The zero-order valence-corrected chi connectivity index (χ0v) is 60.8. The average Bonchev–Trinajstić information content (AvgIpc) is 4.14. The topological polar surface area (TPSA) is 155 Å². The minimum Gasteiger partial charge on any atom is -0.197 e. The number of rotatable bonds is 4. The fourth-order valence-electron chi connectivity index (χ4n) is 8.96. The molecule has 5 saturated heterocycles. The molecule has 2 aromatic carbocycles. The Balaban J connectivity index is 0.000000242. The summed E-state index contributed by atoms with van der Waals surface area (Å²) in [5.74, 6) is 0.791. The summed E-state index contributed by atoms with van der Waals surface area (Å²) in [6, 6.07) is 12.1. The number of aliphatic imine (C=N–C) groups is 1. The van der Waals surface area contributed by atoms with Gasteiger partial charge in [0.15, 0.2) is 0 Å². The Morgan fingerprint density at radius 1 is 0.684 bits per heavy atom. The summed E-state index contributed by atoms with van der Waals surface area (Å²) in [5, 5.41) is 0. The zero-order chi connectivity index (χ0) is 56.5. The van der Waals surface area contributed by atoms with Crippen LogP contribution in [0.3, 0.4) is 0 Å². The molecule has 0 bridgehead atoms. The van der Waals surface area contributed by atoms with Crippen molar-refractivity contribution in [2.75, 3.05) is 13.1 Å². The van der Waals surface area contributed by atoms with E-state index in [-0.39, 0.29) is 71.4 Å². The molecule has 0 saturated carbocycles. The standard InChI is InChI=1S/C22H32BN3O4.C17H21BrN2O2.C12H24B2O4.I3.I2.H2S/c1-20(2,3)28-19(27)26-12-8-9-17(26)18-24-15-11-10-14(13-16(15)25-18)23-29-21(4,5)22(6,7)30-23;1-17(2,3)22-16(21)20-8-4-5-15(20)14-10-11-9-12(18)6-7-13(11)19-14;1-9(2)10(3,4)16-13(15-9)14-17-11(5,6)12(7,8)18-14;1-3-2;1-2;/h10-11,13,17H,8-9,12H2,1-7H3,(H,24,25);6-7,9,15H,4-5,8,10H2,1-3H3;1-8H3;;;1H2/q;;;-1;;/t17-;15-;;;;/m00..../s1. The SMILES string of the molecule is CC(C)(C)OC(=O)N1CCC[C@H]1C1=Nc2ccc(Br)cc2C1.CC(C)(C)OC(=O)N1CCC[C@H]1c1nc2ccc(B3OC(C)(C)C(C)(C)O3)cc2[nH]1.CC1(C)OB(B2OC(C)(C)C(C)(C)O2)OC1(C)C.II.I[I-]I.S. The molecular formula is C51H79B3BrI5N5O10S-. The van der Waals surface area contributed by atoms with E-state index < -0.39 is 32.3 Å². The predicted molar refractivity (Wildman–Crippen MR) is 346 cm³/mol. The summed E-state index contributed by atoms with van der Waals surface area (Å²) in [5.41, 5.74) is 2.86. The van der Waals surface area contributed by atoms with E-state index >= 15 is 0 Å². The minimum absolute atomic E-state index is 0. The summed E-state index contributed by atoms with van der Waals surface area (Å²) in [6.07, 6.45) is 4.07. The summed E-state index contributed by atoms with van der Waals surface area (Å²) >= 11 is 13.0. The van der Waals surface area contributed by atoms with Gasteiger partial charge in [0, 0.05) is 66.9 Å². The maximum atomic E-state index is 12.6. The maximum Gasteiger partial charge on any atom is -0.197 e. The number of imidazole rings is 1. The Kier molecular flexibility index (Phi) is 24.6. The van der Waals surface area contributed by atoms with Crippen molar-refractivity contribution in [3.05, 3.63) is 52.3 Å². The van der Waals surface area contributed by atoms with Gasteiger partial charge >= 0.3 is 83.8 Å². The third-order valence-electron chi connectivity index (χ3n) is 15.0. The van der Waals surface area contributed by atoms with Crippen molar-refractivity contribution in [3.8, 4) is 0 Å². The molecule has 6 aliphatic rings. The van der Waals surface area contributed by atoms with Crippen molar-refractivity contribution in [1.29, 1.82) is 0 Å². The van der Waals surface area contributed by atoms with E-state index in [2.05, 4.69) is 101 Å². The molecule has 0 aliphatic carbocycles. The van der Waals surface area contributed by atoms with E-state index in [4.69, 9.17) is 47.4 Å². The molecule has 0 radical (unpaired) electrons. The molecule has 1 aromatic heterocycles. The first-order chi connectivity index (χ1) is 34.5. The number of carbonyl (C=O) groups is 2. The number of likely N-dealkylation sites (tertiary alicyclic amines) is 2. The van der Waals surface area contributed by atoms with Gasteiger partial charge < -0.3 is 42.4 Å². The zero-order valence-electron chi connectivity index (χ0n) is 47.4. The molecule has 76 heavy (non-hydrogen) atoms. The number of ether oxygens (including phenoxy) is 2. The summed E-state index contributed by atoms with van der Waals surface area (Å²) in [7, 11) is -1.37. The average molecular weight is 1700 g/mol. The quantitative estimate of drug-likeness (QED) is 0.196. The van der Waals surface area contributed by atoms with Crippen LogP contribution in [-0.4, -0.2) is 123 Å². The number of hydrogen-bond donors (Lipinski definition) is 1. The van der Waals surface area contributed by atoms with Gasteiger partial charge in [-0.05, 0) is 192 Å². The van der Waals surface area contributed by atoms with Crippen LogP contribution in [0, 0.1) is 0 Å². The van der Waals surface area contributed by atoms with Gasteiger partial charge in [-0.1, -0.05) is 22.0 Å². The Morgan fingerprint density at radius 2 is 1.11 bits per heavy atom. The van der Waals surface area contributed by atoms with Gasteiger partial charge in [-0.3, -0.25) is 14.8 Å². The number of H-pyrrole nitrogens is 1. The van der Waals surface area contributed by atoms with E-state index in [0.717, 1.165) is 76.8 Å². The first-order valence-corrected chi connectivity index (χ1v) is 45.1. The van der Waals surface area contributed by atoms with Crippen molar-refractivity contribution in [2.45, 2.75) is 214 Å². The van der Waals surface area contributed by atoms with Crippen molar-refractivity contribution >= 4 is 165 Å². The molecule has 15 nitrogen and oxygen atoms in total. The van der Waals surface area contributed by atoms with Crippen LogP contribution in [0.4, 0.5) is 15.3 Å².